The van der Waals surface area contributed by atoms with Crippen molar-refractivity contribution in [3.05, 3.63) is 76.6 Å². The van der Waals surface area contributed by atoms with Gasteiger partial charge in [0.15, 0.2) is 0 Å². The zero-order valence-corrected chi connectivity index (χ0v) is 11.9. The Hall–Kier alpha value is -2.06. The first-order valence-corrected chi connectivity index (χ1v) is 6.85. The Balaban J connectivity index is 1.80. The van der Waals surface area contributed by atoms with E-state index in [4.69, 9.17) is 16.0 Å². The highest BCUT2D eigenvalue weighted by Gasteiger charge is 2.07. The lowest BCUT2D eigenvalue weighted by atomic mass is 10.1. The third-order valence-corrected chi connectivity index (χ3v) is 3.40. The summed E-state index contributed by atoms with van der Waals surface area (Å²) in [5.41, 5.74) is 3.38. The van der Waals surface area contributed by atoms with E-state index in [0.717, 1.165) is 28.3 Å². The predicted octanol–water partition coefficient (Wildman–Crippen LogP) is 4.89. The maximum absolute atomic E-state index is 5.88. The number of benzene rings is 2. The Morgan fingerprint density at radius 1 is 1.00 bits per heavy atom. The number of hydrogen-bond donors (Lipinski definition) is 0. The van der Waals surface area contributed by atoms with E-state index in [1.807, 2.05) is 36.4 Å². The molecule has 0 aliphatic heterocycles. The van der Waals surface area contributed by atoms with Crippen LogP contribution in [0.3, 0.4) is 0 Å². The van der Waals surface area contributed by atoms with E-state index in [1.54, 1.807) is 6.20 Å². The molecule has 2 aromatic carbocycles. The predicted molar refractivity (Wildman–Crippen MR) is 80.9 cm³/mol. The maximum Gasteiger partial charge on any atom is 0.226 e. The molecule has 100 valence electrons. The standard InChI is InChI=1S/C17H14ClNO/c1-12-2-6-14(7-3-12)17-19-11-16(20-17)10-13-4-8-15(18)9-5-13/h2-9,11H,10H2,1H3. The van der Waals surface area contributed by atoms with Gasteiger partial charge in [-0.2, -0.15) is 0 Å². The Kier molecular flexibility index (Phi) is 3.57. The van der Waals surface area contributed by atoms with Crippen molar-refractivity contribution < 1.29 is 4.42 Å². The third kappa shape index (κ3) is 2.91. The second kappa shape index (κ2) is 5.51. The largest absolute Gasteiger partial charge is 0.441 e. The number of oxazole rings is 1. The summed E-state index contributed by atoms with van der Waals surface area (Å²) in [6.45, 7) is 2.06. The van der Waals surface area contributed by atoms with Gasteiger partial charge < -0.3 is 4.42 Å². The van der Waals surface area contributed by atoms with Gasteiger partial charge in [-0.25, -0.2) is 4.98 Å². The summed E-state index contributed by atoms with van der Waals surface area (Å²) in [5.74, 6) is 1.51. The molecule has 3 aromatic rings. The van der Waals surface area contributed by atoms with Crippen LogP contribution >= 0.6 is 11.6 Å². The summed E-state index contributed by atoms with van der Waals surface area (Å²) in [6.07, 6.45) is 2.50. The van der Waals surface area contributed by atoms with Crippen LogP contribution in [0.1, 0.15) is 16.9 Å². The van der Waals surface area contributed by atoms with Crippen LogP contribution in [0.5, 0.6) is 0 Å². The molecule has 0 bridgehead atoms. The van der Waals surface area contributed by atoms with Crippen LogP contribution in [0, 0.1) is 6.92 Å². The molecule has 3 heteroatoms. The molecule has 3 rings (SSSR count). The molecular formula is C17H14ClNO. The van der Waals surface area contributed by atoms with Crippen molar-refractivity contribution in [3.8, 4) is 11.5 Å². The molecule has 0 unspecified atom stereocenters. The second-order valence-electron chi connectivity index (χ2n) is 4.80. The van der Waals surface area contributed by atoms with Crippen LogP contribution in [0.2, 0.25) is 5.02 Å². The third-order valence-electron chi connectivity index (χ3n) is 3.14. The van der Waals surface area contributed by atoms with Crippen LogP contribution < -0.4 is 0 Å². The lowest BCUT2D eigenvalue weighted by Crippen LogP contribution is -1.84. The zero-order valence-electron chi connectivity index (χ0n) is 11.1. The number of hydrogen-bond acceptors (Lipinski definition) is 2. The van der Waals surface area contributed by atoms with Crippen molar-refractivity contribution in [1.29, 1.82) is 0 Å². The van der Waals surface area contributed by atoms with E-state index in [2.05, 4.69) is 24.0 Å². The van der Waals surface area contributed by atoms with Crippen LogP contribution in [0.25, 0.3) is 11.5 Å². The fourth-order valence-electron chi connectivity index (χ4n) is 2.02. The highest BCUT2D eigenvalue weighted by molar-refractivity contribution is 6.30. The van der Waals surface area contributed by atoms with Gasteiger partial charge in [0.1, 0.15) is 5.76 Å². The summed E-state index contributed by atoms with van der Waals surface area (Å²) in [6, 6.07) is 15.9. The lowest BCUT2D eigenvalue weighted by molar-refractivity contribution is 0.529. The highest BCUT2D eigenvalue weighted by atomic mass is 35.5. The van der Waals surface area contributed by atoms with Gasteiger partial charge in [0.25, 0.3) is 0 Å². The molecule has 0 radical (unpaired) electrons. The summed E-state index contributed by atoms with van der Waals surface area (Å²) < 4.78 is 5.80. The molecule has 0 spiro atoms. The van der Waals surface area contributed by atoms with E-state index in [1.165, 1.54) is 5.56 Å². The van der Waals surface area contributed by atoms with E-state index >= 15 is 0 Å². The minimum Gasteiger partial charge on any atom is -0.441 e. The summed E-state index contributed by atoms with van der Waals surface area (Å²) >= 11 is 5.88. The zero-order chi connectivity index (χ0) is 13.9. The molecule has 0 atom stereocenters. The average molecular weight is 284 g/mol. The van der Waals surface area contributed by atoms with Gasteiger partial charge >= 0.3 is 0 Å². The van der Waals surface area contributed by atoms with Gasteiger partial charge in [0.05, 0.1) is 6.20 Å². The maximum atomic E-state index is 5.88. The first-order chi connectivity index (χ1) is 9.70. The lowest BCUT2D eigenvalue weighted by Gasteiger charge is -1.99. The normalized spacial score (nSPS) is 10.7. The van der Waals surface area contributed by atoms with Gasteiger partial charge in [0.2, 0.25) is 5.89 Å². The van der Waals surface area contributed by atoms with Crippen LogP contribution in [0.4, 0.5) is 0 Å². The first-order valence-electron chi connectivity index (χ1n) is 6.47. The number of rotatable bonds is 3. The van der Waals surface area contributed by atoms with E-state index in [0.29, 0.717) is 5.89 Å². The molecule has 0 fully saturated rings. The van der Waals surface area contributed by atoms with Gasteiger partial charge in [0, 0.05) is 17.0 Å². The Labute approximate surface area is 123 Å². The first kappa shape index (κ1) is 12.9. The molecule has 0 saturated heterocycles. The molecule has 20 heavy (non-hydrogen) atoms. The summed E-state index contributed by atoms with van der Waals surface area (Å²) in [4.78, 5) is 4.34. The quantitative estimate of drug-likeness (QED) is 0.684. The molecule has 0 N–H and O–H groups in total. The van der Waals surface area contributed by atoms with E-state index in [9.17, 15) is 0 Å². The smallest absolute Gasteiger partial charge is 0.226 e. The molecule has 1 aromatic heterocycles. The van der Waals surface area contributed by atoms with E-state index in [-0.39, 0.29) is 0 Å². The van der Waals surface area contributed by atoms with Crippen LogP contribution in [-0.2, 0) is 6.42 Å². The topological polar surface area (TPSA) is 26.0 Å². The molecule has 0 aliphatic rings. The summed E-state index contributed by atoms with van der Waals surface area (Å²) in [7, 11) is 0. The number of aryl methyl sites for hydroxylation is 1. The van der Waals surface area contributed by atoms with Gasteiger partial charge in [-0.3, -0.25) is 0 Å². The second-order valence-corrected chi connectivity index (χ2v) is 5.24. The molecule has 1 heterocycles. The molecule has 2 nitrogen and oxygen atoms in total. The SMILES string of the molecule is Cc1ccc(-c2ncc(Cc3ccc(Cl)cc3)o2)cc1. The highest BCUT2D eigenvalue weighted by Crippen LogP contribution is 2.21. The van der Waals surface area contributed by atoms with Gasteiger partial charge in [-0.1, -0.05) is 41.4 Å². The fraction of sp³-hybridized carbons (Fsp3) is 0.118. The Morgan fingerprint density at radius 2 is 1.70 bits per heavy atom. The molecule has 0 amide bonds. The Bertz CT molecular complexity index is 699. The van der Waals surface area contributed by atoms with Crippen LogP contribution in [0.15, 0.2) is 59.1 Å². The van der Waals surface area contributed by atoms with Crippen LogP contribution in [-0.4, -0.2) is 4.98 Å². The average Bonchev–Trinajstić information content (AvgIpc) is 2.91. The van der Waals surface area contributed by atoms with Crippen molar-refractivity contribution in [3.63, 3.8) is 0 Å². The number of nitrogens with zero attached hydrogens (tertiary/aromatic N) is 1. The molecule has 0 saturated carbocycles. The number of halogens is 1. The minimum absolute atomic E-state index is 0.661. The Morgan fingerprint density at radius 3 is 2.40 bits per heavy atom. The minimum atomic E-state index is 0.661. The monoisotopic (exact) mass is 283 g/mol. The van der Waals surface area contributed by atoms with Crippen molar-refractivity contribution in [2.24, 2.45) is 0 Å². The van der Waals surface area contributed by atoms with Crippen molar-refractivity contribution in [1.82, 2.24) is 4.98 Å². The van der Waals surface area contributed by atoms with Crippen molar-refractivity contribution in [2.45, 2.75) is 13.3 Å². The number of aromatic nitrogens is 1. The van der Waals surface area contributed by atoms with E-state index < -0.39 is 0 Å². The van der Waals surface area contributed by atoms with Gasteiger partial charge in [-0.15, -0.1) is 0 Å². The fourth-order valence-corrected chi connectivity index (χ4v) is 2.15. The molecular weight excluding hydrogens is 270 g/mol. The van der Waals surface area contributed by atoms with Gasteiger partial charge in [-0.05, 0) is 36.8 Å². The van der Waals surface area contributed by atoms with Crippen molar-refractivity contribution in [2.75, 3.05) is 0 Å². The van der Waals surface area contributed by atoms with Crippen molar-refractivity contribution >= 4 is 11.6 Å². The molecule has 0 aliphatic carbocycles. The summed E-state index contributed by atoms with van der Waals surface area (Å²) in [5, 5.41) is 0.742.